The van der Waals surface area contributed by atoms with Gasteiger partial charge in [-0.1, -0.05) is 13.8 Å². The predicted molar refractivity (Wildman–Crippen MR) is 113 cm³/mol. The summed E-state index contributed by atoms with van der Waals surface area (Å²) in [5, 5.41) is 3.43. The molecule has 2 rings (SSSR count). The third-order valence-electron chi connectivity index (χ3n) is 3.83. The Bertz CT molecular complexity index is 491. The van der Waals surface area contributed by atoms with E-state index < -0.39 is 0 Å². The Balaban J connectivity index is 0.00000312. The molecule has 1 aromatic heterocycles. The lowest BCUT2D eigenvalue weighted by atomic mass is 10.2. The number of nitrogens with zero attached hydrogens (tertiary/aromatic N) is 5. The van der Waals surface area contributed by atoms with Crippen molar-refractivity contribution in [3.05, 3.63) is 18.5 Å². The van der Waals surface area contributed by atoms with Crippen molar-refractivity contribution in [3.63, 3.8) is 0 Å². The van der Waals surface area contributed by atoms with E-state index in [1.165, 1.54) is 0 Å². The van der Waals surface area contributed by atoms with Gasteiger partial charge in [0.05, 0.1) is 0 Å². The molecule has 1 aromatic rings. The molecule has 0 atom stereocenters. The highest BCUT2D eigenvalue weighted by Gasteiger charge is 2.20. The monoisotopic (exact) mass is 462 g/mol. The van der Waals surface area contributed by atoms with Gasteiger partial charge in [-0.25, -0.2) is 9.97 Å². The lowest BCUT2D eigenvalue weighted by molar-refractivity contribution is 0.108. The van der Waals surface area contributed by atoms with Gasteiger partial charge < -0.3 is 19.9 Å². The number of nitrogens with one attached hydrogen (secondary N) is 1. The molecule has 1 aliphatic heterocycles. The normalized spacial score (nSPS) is 15.3. The van der Waals surface area contributed by atoms with Crippen LogP contribution < -0.4 is 10.2 Å². The SMILES string of the molecule is CN=C(NCCCOCC(C)C)N1CCN(c2ncccn2)CC1.I. The molecule has 1 aliphatic rings. The summed E-state index contributed by atoms with van der Waals surface area (Å²) in [4.78, 5) is 17.5. The molecule has 8 heteroatoms. The molecule has 0 saturated carbocycles. The van der Waals surface area contributed by atoms with Crippen LogP contribution in [-0.2, 0) is 4.74 Å². The number of piperazine rings is 1. The number of hydrogen-bond acceptors (Lipinski definition) is 5. The highest BCUT2D eigenvalue weighted by atomic mass is 127. The zero-order valence-corrected chi connectivity index (χ0v) is 17.8. The number of ether oxygens (including phenoxy) is 1. The Hall–Kier alpha value is -1.16. The first-order valence-electron chi connectivity index (χ1n) is 8.76. The molecule has 1 N–H and O–H groups in total. The van der Waals surface area contributed by atoms with Gasteiger partial charge in [-0.15, -0.1) is 24.0 Å². The van der Waals surface area contributed by atoms with Crippen molar-refractivity contribution in [1.82, 2.24) is 20.2 Å². The van der Waals surface area contributed by atoms with Crippen LogP contribution in [0.3, 0.4) is 0 Å². The number of aliphatic imine (C=N–C) groups is 1. The van der Waals surface area contributed by atoms with E-state index in [2.05, 4.69) is 43.9 Å². The number of aromatic nitrogens is 2. The minimum Gasteiger partial charge on any atom is -0.381 e. The van der Waals surface area contributed by atoms with Crippen LogP contribution in [0.25, 0.3) is 0 Å². The standard InChI is InChI=1S/C17H30N6O.HI/c1-15(2)14-24-13-5-8-19-16(18-3)22-9-11-23(12-10-22)17-20-6-4-7-21-17;/h4,6-7,15H,5,8-14H2,1-3H3,(H,18,19);1H. The summed E-state index contributed by atoms with van der Waals surface area (Å²) >= 11 is 0. The molecule has 1 saturated heterocycles. The van der Waals surface area contributed by atoms with Gasteiger partial charge >= 0.3 is 0 Å². The molecule has 142 valence electrons. The van der Waals surface area contributed by atoms with E-state index in [9.17, 15) is 0 Å². The van der Waals surface area contributed by atoms with Crippen LogP contribution in [0.15, 0.2) is 23.5 Å². The minimum absolute atomic E-state index is 0. The van der Waals surface area contributed by atoms with E-state index in [4.69, 9.17) is 4.74 Å². The Morgan fingerprint density at radius 3 is 2.52 bits per heavy atom. The Kier molecular flexibility index (Phi) is 10.7. The van der Waals surface area contributed by atoms with Gasteiger partial charge in [-0.2, -0.15) is 0 Å². The van der Waals surface area contributed by atoms with Crippen molar-refractivity contribution in [2.24, 2.45) is 10.9 Å². The van der Waals surface area contributed by atoms with E-state index in [0.29, 0.717) is 5.92 Å². The molecule has 0 unspecified atom stereocenters. The van der Waals surface area contributed by atoms with Crippen molar-refractivity contribution in [1.29, 1.82) is 0 Å². The lowest BCUT2D eigenvalue weighted by Gasteiger charge is -2.36. The number of halogens is 1. The molecular weight excluding hydrogens is 431 g/mol. The molecule has 2 heterocycles. The van der Waals surface area contributed by atoms with Crippen LogP contribution >= 0.6 is 24.0 Å². The van der Waals surface area contributed by atoms with Gasteiger partial charge in [0.2, 0.25) is 5.95 Å². The third-order valence-corrected chi connectivity index (χ3v) is 3.83. The molecule has 0 spiro atoms. The predicted octanol–water partition coefficient (Wildman–Crippen LogP) is 1.85. The molecule has 0 aliphatic carbocycles. The molecular formula is C17H31IN6O. The topological polar surface area (TPSA) is 65.9 Å². The van der Waals surface area contributed by atoms with Gasteiger partial charge in [0.25, 0.3) is 0 Å². The van der Waals surface area contributed by atoms with E-state index in [1.54, 1.807) is 12.4 Å². The van der Waals surface area contributed by atoms with Gasteiger partial charge in [-0.3, -0.25) is 4.99 Å². The van der Waals surface area contributed by atoms with Crippen molar-refractivity contribution in [2.75, 3.05) is 57.9 Å². The number of rotatable bonds is 7. The summed E-state index contributed by atoms with van der Waals surface area (Å²) in [6.45, 7) is 10.5. The maximum atomic E-state index is 5.61. The second kappa shape index (κ2) is 12.2. The van der Waals surface area contributed by atoms with E-state index in [0.717, 1.165) is 64.3 Å². The fraction of sp³-hybridized carbons (Fsp3) is 0.706. The average molecular weight is 462 g/mol. The summed E-state index contributed by atoms with van der Waals surface area (Å²) in [6, 6.07) is 1.84. The van der Waals surface area contributed by atoms with Gasteiger partial charge in [-0.05, 0) is 18.4 Å². The molecule has 0 radical (unpaired) electrons. The Morgan fingerprint density at radius 2 is 1.92 bits per heavy atom. The van der Waals surface area contributed by atoms with Gasteiger partial charge in [0.15, 0.2) is 5.96 Å². The van der Waals surface area contributed by atoms with E-state index in [-0.39, 0.29) is 24.0 Å². The molecule has 0 aromatic carbocycles. The third kappa shape index (κ3) is 7.72. The first kappa shape index (κ1) is 21.9. The maximum Gasteiger partial charge on any atom is 0.225 e. The molecule has 0 amide bonds. The van der Waals surface area contributed by atoms with Crippen molar-refractivity contribution in [3.8, 4) is 0 Å². The Labute approximate surface area is 168 Å². The van der Waals surface area contributed by atoms with E-state index in [1.807, 2.05) is 13.1 Å². The summed E-state index contributed by atoms with van der Waals surface area (Å²) in [5.74, 6) is 2.37. The summed E-state index contributed by atoms with van der Waals surface area (Å²) < 4.78 is 5.61. The zero-order chi connectivity index (χ0) is 17.2. The summed E-state index contributed by atoms with van der Waals surface area (Å²) in [5.41, 5.74) is 0. The first-order chi connectivity index (χ1) is 11.7. The largest absolute Gasteiger partial charge is 0.381 e. The van der Waals surface area contributed by atoms with Crippen LogP contribution in [0.2, 0.25) is 0 Å². The van der Waals surface area contributed by atoms with Gasteiger partial charge in [0.1, 0.15) is 0 Å². The molecule has 7 nitrogen and oxygen atoms in total. The van der Waals surface area contributed by atoms with Gasteiger partial charge in [0, 0.05) is 65.4 Å². The quantitative estimate of drug-likeness (QED) is 0.289. The van der Waals surface area contributed by atoms with E-state index >= 15 is 0 Å². The second-order valence-corrected chi connectivity index (χ2v) is 6.32. The van der Waals surface area contributed by atoms with Crippen LogP contribution in [0.1, 0.15) is 20.3 Å². The fourth-order valence-electron chi connectivity index (χ4n) is 2.60. The first-order valence-corrected chi connectivity index (χ1v) is 8.76. The van der Waals surface area contributed by atoms with Crippen LogP contribution in [0.4, 0.5) is 5.95 Å². The van der Waals surface area contributed by atoms with Crippen molar-refractivity contribution in [2.45, 2.75) is 20.3 Å². The number of hydrogen-bond donors (Lipinski definition) is 1. The molecule has 1 fully saturated rings. The number of guanidine groups is 1. The minimum atomic E-state index is 0. The highest BCUT2D eigenvalue weighted by Crippen LogP contribution is 2.09. The highest BCUT2D eigenvalue weighted by molar-refractivity contribution is 14.0. The van der Waals surface area contributed by atoms with Crippen molar-refractivity contribution >= 4 is 35.9 Å². The van der Waals surface area contributed by atoms with Crippen LogP contribution in [0.5, 0.6) is 0 Å². The van der Waals surface area contributed by atoms with Crippen LogP contribution in [-0.4, -0.2) is 73.8 Å². The molecule has 0 bridgehead atoms. The summed E-state index contributed by atoms with van der Waals surface area (Å²) in [6.07, 6.45) is 4.57. The maximum absolute atomic E-state index is 5.61. The van der Waals surface area contributed by atoms with Crippen LogP contribution in [0, 0.1) is 5.92 Å². The second-order valence-electron chi connectivity index (χ2n) is 6.32. The molecule has 25 heavy (non-hydrogen) atoms. The smallest absolute Gasteiger partial charge is 0.225 e. The average Bonchev–Trinajstić information content (AvgIpc) is 2.62. The zero-order valence-electron chi connectivity index (χ0n) is 15.5. The number of anilines is 1. The summed E-state index contributed by atoms with van der Waals surface area (Å²) in [7, 11) is 1.84. The Morgan fingerprint density at radius 1 is 1.24 bits per heavy atom. The fourth-order valence-corrected chi connectivity index (χ4v) is 2.60. The van der Waals surface area contributed by atoms with Crippen molar-refractivity contribution < 1.29 is 4.74 Å². The lowest BCUT2D eigenvalue weighted by Crippen LogP contribution is -2.53.